The zero-order valence-corrected chi connectivity index (χ0v) is 14.9. The Morgan fingerprint density at radius 2 is 2.11 bits per heavy atom. The number of hydrogen-bond donors (Lipinski definition) is 1. The van der Waals surface area contributed by atoms with E-state index in [1.807, 2.05) is 0 Å². The summed E-state index contributed by atoms with van der Waals surface area (Å²) in [6.45, 7) is 1.46. The topological polar surface area (TPSA) is 110 Å². The number of ether oxygens (including phenoxy) is 1. The molecule has 1 unspecified atom stereocenters. The summed E-state index contributed by atoms with van der Waals surface area (Å²) in [7, 11) is 2.79. The molecule has 2 aliphatic heterocycles. The van der Waals surface area contributed by atoms with E-state index in [1.165, 1.54) is 31.3 Å². The number of aromatic nitrogens is 3. The van der Waals surface area contributed by atoms with Gasteiger partial charge in [0, 0.05) is 26.3 Å². The summed E-state index contributed by atoms with van der Waals surface area (Å²) in [6, 6.07) is 4.23. The molecular formula is C17H18N6O4. The molecule has 1 saturated heterocycles. The number of nitrogens with zero attached hydrogens (tertiary/aromatic N) is 5. The molecule has 1 N–H and O–H groups in total. The van der Waals surface area contributed by atoms with Crippen molar-refractivity contribution >= 4 is 29.2 Å². The van der Waals surface area contributed by atoms with Crippen LogP contribution in [0.1, 0.15) is 16.9 Å². The van der Waals surface area contributed by atoms with Gasteiger partial charge in [-0.15, -0.1) is 0 Å². The van der Waals surface area contributed by atoms with Crippen LogP contribution in [0.3, 0.4) is 0 Å². The van der Waals surface area contributed by atoms with Crippen molar-refractivity contribution in [3.8, 4) is 0 Å². The van der Waals surface area contributed by atoms with Crippen molar-refractivity contribution in [2.75, 3.05) is 35.3 Å². The van der Waals surface area contributed by atoms with Gasteiger partial charge in [0.15, 0.2) is 11.5 Å². The minimum Gasteiger partial charge on any atom is -0.464 e. The van der Waals surface area contributed by atoms with Gasteiger partial charge in [0.1, 0.15) is 5.69 Å². The molecule has 2 bridgehead atoms. The number of methoxy groups -OCH3 is 1. The van der Waals surface area contributed by atoms with E-state index >= 15 is 0 Å². The number of anilines is 3. The first-order valence-electron chi connectivity index (χ1n) is 8.46. The monoisotopic (exact) mass is 370 g/mol. The third-order valence-corrected chi connectivity index (χ3v) is 4.81. The third kappa shape index (κ3) is 2.78. The largest absolute Gasteiger partial charge is 0.464 e. The highest BCUT2D eigenvalue weighted by Gasteiger charge is 2.40. The average molecular weight is 370 g/mol. The maximum atomic E-state index is 13.0. The van der Waals surface area contributed by atoms with Crippen LogP contribution in [-0.4, -0.2) is 53.0 Å². The van der Waals surface area contributed by atoms with Crippen LogP contribution < -0.4 is 20.7 Å². The number of rotatable bonds is 2. The van der Waals surface area contributed by atoms with Crippen LogP contribution in [-0.2, 0) is 11.8 Å². The highest BCUT2D eigenvalue weighted by atomic mass is 16.5. The SMILES string of the molecule is COC(=O)c1ccc2c(n1)N(C(=O)Nc1ccnn(C)c1=O)C1CCN2C1. The van der Waals surface area contributed by atoms with E-state index < -0.39 is 17.6 Å². The lowest BCUT2D eigenvalue weighted by Gasteiger charge is -2.35. The summed E-state index contributed by atoms with van der Waals surface area (Å²) >= 11 is 0. The predicted molar refractivity (Wildman–Crippen MR) is 97.2 cm³/mol. The summed E-state index contributed by atoms with van der Waals surface area (Å²) in [6.07, 6.45) is 2.21. The van der Waals surface area contributed by atoms with Crippen LogP contribution in [0.2, 0.25) is 0 Å². The Labute approximate surface area is 154 Å². The molecule has 140 valence electrons. The second kappa shape index (κ2) is 6.38. The number of nitrogens with one attached hydrogen (secondary N) is 1. The number of carbonyl (C=O) groups excluding carboxylic acids is 2. The second-order valence-corrected chi connectivity index (χ2v) is 6.39. The molecule has 0 radical (unpaired) electrons. The van der Waals surface area contributed by atoms with Crippen LogP contribution in [0.15, 0.2) is 29.2 Å². The fraction of sp³-hybridized carbons (Fsp3) is 0.353. The summed E-state index contributed by atoms with van der Waals surface area (Å²) in [4.78, 5) is 45.0. The second-order valence-electron chi connectivity index (χ2n) is 6.39. The number of fused-ring (bicyclic) bond motifs is 4. The van der Waals surface area contributed by atoms with Gasteiger partial charge in [-0.1, -0.05) is 0 Å². The molecule has 0 aromatic carbocycles. The maximum absolute atomic E-state index is 13.0. The molecule has 4 heterocycles. The lowest BCUT2D eigenvalue weighted by atomic mass is 10.2. The number of carbonyl (C=O) groups is 2. The molecule has 10 heteroatoms. The molecule has 2 aliphatic rings. The van der Waals surface area contributed by atoms with E-state index in [2.05, 4.69) is 20.3 Å². The molecule has 27 heavy (non-hydrogen) atoms. The van der Waals surface area contributed by atoms with Gasteiger partial charge in [-0.25, -0.2) is 19.3 Å². The Bertz CT molecular complexity index is 988. The number of hydrogen-bond acceptors (Lipinski definition) is 7. The lowest BCUT2D eigenvalue weighted by Crippen LogP contribution is -2.49. The number of urea groups is 1. The zero-order valence-electron chi connectivity index (χ0n) is 14.9. The zero-order chi connectivity index (χ0) is 19.1. The van der Waals surface area contributed by atoms with Crippen molar-refractivity contribution in [1.29, 1.82) is 0 Å². The average Bonchev–Trinajstić information content (AvgIpc) is 3.09. The van der Waals surface area contributed by atoms with Gasteiger partial charge in [0.2, 0.25) is 0 Å². The van der Waals surface area contributed by atoms with E-state index in [0.29, 0.717) is 12.4 Å². The Morgan fingerprint density at radius 3 is 2.89 bits per heavy atom. The Balaban J connectivity index is 1.72. The quantitative estimate of drug-likeness (QED) is 0.771. The molecule has 0 aliphatic carbocycles. The Morgan fingerprint density at radius 1 is 1.30 bits per heavy atom. The Kier molecular flexibility index (Phi) is 4.02. The standard InChI is InChI=1S/C17H18N6O4/c1-21-15(24)11(5-7-18-21)20-17(26)23-10-6-8-22(9-10)13-4-3-12(16(25)27-2)19-14(13)23/h3-5,7,10H,6,8-9H2,1-2H3,(H,20,26). The molecule has 0 spiro atoms. The van der Waals surface area contributed by atoms with Crippen LogP contribution in [0, 0.1) is 0 Å². The first-order valence-corrected chi connectivity index (χ1v) is 8.46. The highest BCUT2D eigenvalue weighted by Crippen LogP contribution is 2.39. The molecule has 1 fully saturated rings. The van der Waals surface area contributed by atoms with Crippen molar-refractivity contribution < 1.29 is 14.3 Å². The molecule has 4 rings (SSSR count). The maximum Gasteiger partial charge on any atom is 0.356 e. The van der Waals surface area contributed by atoms with Crippen LogP contribution in [0.4, 0.5) is 22.0 Å². The van der Waals surface area contributed by atoms with E-state index in [9.17, 15) is 14.4 Å². The van der Waals surface area contributed by atoms with Crippen molar-refractivity contribution in [3.05, 3.63) is 40.4 Å². The van der Waals surface area contributed by atoms with E-state index in [1.54, 1.807) is 12.1 Å². The minimum absolute atomic E-state index is 0.0939. The predicted octanol–water partition coefficient (Wildman–Crippen LogP) is 0.593. The number of aryl methyl sites for hydroxylation is 1. The number of esters is 1. The van der Waals surface area contributed by atoms with Crippen molar-refractivity contribution in [3.63, 3.8) is 0 Å². The van der Waals surface area contributed by atoms with Crippen LogP contribution >= 0.6 is 0 Å². The van der Waals surface area contributed by atoms with Crippen molar-refractivity contribution in [2.45, 2.75) is 12.5 Å². The number of pyridine rings is 1. The molecule has 2 amide bonds. The lowest BCUT2D eigenvalue weighted by molar-refractivity contribution is 0.0594. The molecule has 2 aromatic rings. The van der Waals surface area contributed by atoms with E-state index in [0.717, 1.165) is 23.3 Å². The van der Waals surface area contributed by atoms with E-state index in [-0.39, 0.29) is 17.4 Å². The summed E-state index contributed by atoms with van der Waals surface area (Å²) in [5.41, 5.74) is 0.613. The third-order valence-electron chi connectivity index (χ3n) is 4.81. The molecular weight excluding hydrogens is 352 g/mol. The van der Waals surface area contributed by atoms with Gasteiger partial charge in [-0.3, -0.25) is 9.69 Å². The minimum atomic E-state index is -0.575. The van der Waals surface area contributed by atoms with Gasteiger partial charge in [-0.2, -0.15) is 5.10 Å². The fourth-order valence-corrected chi connectivity index (χ4v) is 3.47. The summed E-state index contributed by atoms with van der Waals surface area (Å²) in [5.74, 6) is -0.191. The number of amides is 2. The van der Waals surface area contributed by atoms with Gasteiger partial charge in [0.25, 0.3) is 5.56 Å². The van der Waals surface area contributed by atoms with Crippen molar-refractivity contribution in [1.82, 2.24) is 14.8 Å². The van der Waals surface area contributed by atoms with Crippen LogP contribution in [0.5, 0.6) is 0 Å². The Hall–Kier alpha value is -3.43. The van der Waals surface area contributed by atoms with Crippen molar-refractivity contribution in [2.24, 2.45) is 7.05 Å². The van der Waals surface area contributed by atoms with E-state index in [4.69, 9.17) is 4.74 Å². The van der Waals surface area contributed by atoms with Crippen LogP contribution in [0.25, 0.3) is 0 Å². The first-order chi connectivity index (χ1) is 13.0. The normalized spacial score (nSPS) is 17.5. The van der Waals surface area contributed by atoms with Gasteiger partial charge < -0.3 is 15.0 Å². The molecule has 2 aromatic heterocycles. The molecule has 10 nitrogen and oxygen atoms in total. The fourth-order valence-electron chi connectivity index (χ4n) is 3.47. The summed E-state index contributed by atoms with van der Waals surface area (Å²) in [5, 5.41) is 6.49. The summed E-state index contributed by atoms with van der Waals surface area (Å²) < 4.78 is 5.88. The molecule has 1 atom stereocenters. The highest BCUT2D eigenvalue weighted by molar-refractivity contribution is 6.05. The van der Waals surface area contributed by atoms with Gasteiger partial charge in [-0.05, 0) is 24.6 Å². The molecule has 0 saturated carbocycles. The van der Waals surface area contributed by atoms with Gasteiger partial charge >= 0.3 is 12.0 Å². The first kappa shape index (κ1) is 17.0. The smallest absolute Gasteiger partial charge is 0.356 e. The van der Waals surface area contributed by atoms with Gasteiger partial charge in [0.05, 0.1) is 18.8 Å².